The second-order valence-corrected chi connectivity index (χ2v) is 5.09. The van der Waals surface area contributed by atoms with Gasteiger partial charge in [0.25, 0.3) is 0 Å². The second-order valence-electron chi connectivity index (χ2n) is 4.72. The molecule has 0 atom stereocenters. The summed E-state index contributed by atoms with van der Waals surface area (Å²) in [6, 6.07) is 0. The predicted molar refractivity (Wildman–Crippen MR) is 79.2 cm³/mol. The van der Waals surface area contributed by atoms with Gasteiger partial charge in [-0.2, -0.15) is 0 Å². The van der Waals surface area contributed by atoms with Crippen molar-refractivity contribution in [1.29, 1.82) is 0 Å². The van der Waals surface area contributed by atoms with E-state index in [2.05, 4.69) is 12.0 Å². The number of rotatable bonds is 6. The van der Waals surface area contributed by atoms with Crippen molar-refractivity contribution in [1.82, 2.24) is 9.78 Å². The number of nitrogens with zero attached hydrogens (tertiary/aromatic N) is 3. The Balaban J connectivity index is 2.42. The molecular formula is C14H18ClN3O3. The molecule has 21 heavy (non-hydrogen) atoms. The minimum atomic E-state index is -0.604. The van der Waals surface area contributed by atoms with E-state index in [9.17, 15) is 10.0 Å². The maximum absolute atomic E-state index is 12.2. The van der Waals surface area contributed by atoms with E-state index in [1.54, 1.807) is 11.6 Å². The van der Waals surface area contributed by atoms with Gasteiger partial charge in [0.15, 0.2) is 0 Å². The predicted octanol–water partition coefficient (Wildman–Crippen LogP) is 2.69. The van der Waals surface area contributed by atoms with Crippen LogP contribution in [0.3, 0.4) is 0 Å². The van der Waals surface area contributed by atoms with E-state index in [-0.39, 0.29) is 17.2 Å². The number of halogens is 1. The van der Waals surface area contributed by atoms with Crippen LogP contribution < -0.4 is 4.73 Å². The minimum Gasteiger partial charge on any atom is -0.711 e. The van der Waals surface area contributed by atoms with Gasteiger partial charge in [0.1, 0.15) is 23.7 Å². The highest BCUT2D eigenvalue weighted by Gasteiger charge is 2.23. The number of carbonyl (C=O) groups excluding carboxylic acids is 1. The van der Waals surface area contributed by atoms with Gasteiger partial charge in [-0.1, -0.05) is 30.0 Å². The molecule has 0 spiro atoms. The molecule has 0 aromatic carbocycles. The molecule has 0 radical (unpaired) electrons. The molecule has 2 aromatic heterocycles. The lowest BCUT2D eigenvalue weighted by Crippen LogP contribution is -2.31. The normalized spacial score (nSPS) is 11.0. The van der Waals surface area contributed by atoms with Crippen molar-refractivity contribution in [2.75, 3.05) is 6.61 Å². The van der Waals surface area contributed by atoms with Gasteiger partial charge in [0, 0.05) is 0 Å². The average molecular weight is 312 g/mol. The van der Waals surface area contributed by atoms with Gasteiger partial charge in [-0.3, -0.25) is 0 Å². The molecule has 0 bridgehead atoms. The molecule has 0 amide bonds. The highest BCUT2D eigenvalue weighted by molar-refractivity contribution is 6.37. The maximum Gasteiger partial charge on any atom is 0.343 e. The van der Waals surface area contributed by atoms with Gasteiger partial charge < -0.3 is 9.94 Å². The molecule has 6 nitrogen and oxygen atoms in total. The topological polar surface area (TPSA) is 71.1 Å². The SMILES string of the molecule is CCCCCn1ncc2c(Cl)c(C(=O)OCC)c[n+]([O-])c21. The van der Waals surface area contributed by atoms with Crippen LogP contribution in [0.5, 0.6) is 0 Å². The van der Waals surface area contributed by atoms with Gasteiger partial charge >= 0.3 is 11.6 Å². The summed E-state index contributed by atoms with van der Waals surface area (Å²) in [5.41, 5.74) is 0.429. The molecule has 0 unspecified atom stereocenters. The molecule has 0 aliphatic carbocycles. The Bertz CT molecular complexity index is 654. The zero-order valence-corrected chi connectivity index (χ0v) is 12.9. The zero-order valence-electron chi connectivity index (χ0n) is 12.1. The van der Waals surface area contributed by atoms with Gasteiger partial charge in [-0.25, -0.2) is 9.52 Å². The minimum absolute atomic E-state index is 0.0640. The van der Waals surface area contributed by atoms with Crippen molar-refractivity contribution in [2.45, 2.75) is 39.7 Å². The number of hydrogen-bond donors (Lipinski definition) is 0. The Labute approximate surface area is 127 Å². The Morgan fingerprint density at radius 3 is 2.90 bits per heavy atom. The Morgan fingerprint density at radius 1 is 1.48 bits per heavy atom. The summed E-state index contributed by atoms with van der Waals surface area (Å²) in [5.74, 6) is -0.604. The largest absolute Gasteiger partial charge is 0.711 e. The first-order valence-electron chi connectivity index (χ1n) is 7.04. The molecule has 2 aromatic rings. The van der Waals surface area contributed by atoms with Crippen molar-refractivity contribution in [3.8, 4) is 0 Å². The molecule has 2 rings (SSSR count). The molecular weight excluding hydrogens is 294 g/mol. The number of hydrogen-bond acceptors (Lipinski definition) is 4. The zero-order chi connectivity index (χ0) is 15.4. The van der Waals surface area contributed by atoms with Crippen LogP contribution in [-0.2, 0) is 11.3 Å². The summed E-state index contributed by atoms with van der Waals surface area (Å²) in [6.07, 6.45) is 5.76. The first kappa shape index (κ1) is 15.6. The van der Waals surface area contributed by atoms with E-state index in [0.29, 0.717) is 22.3 Å². The third-order valence-corrected chi connectivity index (χ3v) is 3.62. The smallest absolute Gasteiger partial charge is 0.343 e. The Kier molecular flexibility index (Phi) is 5.01. The van der Waals surface area contributed by atoms with Crippen LogP contribution in [0.25, 0.3) is 11.0 Å². The molecule has 0 fully saturated rings. The third-order valence-electron chi connectivity index (χ3n) is 3.21. The van der Waals surface area contributed by atoms with Crippen LogP contribution in [0.1, 0.15) is 43.5 Å². The number of carbonyl (C=O) groups is 1. The molecule has 0 aliphatic heterocycles. The van der Waals surface area contributed by atoms with Crippen molar-refractivity contribution in [2.24, 2.45) is 0 Å². The molecule has 0 aliphatic rings. The van der Waals surface area contributed by atoms with Crippen molar-refractivity contribution >= 4 is 28.6 Å². The fraction of sp³-hybridized carbons (Fsp3) is 0.500. The van der Waals surface area contributed by atoms with Crippen LogP contribution in [0, 0.1) is 5.21 Å². The van der Waals surface area contributed by atoms with E-state index >= 15 is 0 Å². The summed E-state index contributed by atoms with van der Waals surface area (Å²) in [5, 5.41) is 17.0. The highest BCUT2D eigenvalue weighted by atomic mass is 35.5. The molecule has 0 N–H and O–H groups in total. The lowest BCUT2D eigenvalue weighted by Gasteiger charge is -2.09. The summed E-state index contributed by atoms with van der Waals surface area (Å²) in [7, 11) is 0. The van der Waals surface area contributed by atoms with E-state index < -0.39 is 5.97 Å². The van der Waals surface area contributed by atoms with Crippen LogP contribution in [0.4, 0.5) is 0 Å². The summed E-state index contributed by atoms with van der Waals surface area (Å²) in [6.45, 7) is 4.68. The lowest BCUT2D eigenvalue weighted by atomic mass is 10.2. The summed E-state index contributed by atoms with van der Waals surface area (Å²) < 4.78 is 7.15. The Hall–Kier alpha value is -1.82. The van der Waals surface area contributed by atoms with E-state index in [1.165, 1.54) is 6.20 Å². The number of ether oxygens (including phenoxy) is 1. The fourth-order valence-electron chi connectivity index (χ4n) is 2.17. The number of esters is 1. The molecule has 0 saturated heterocycles. The van der Waals surface area contributed by atoms with Crippen molar-refractivity contribution < 1.29 is 14.3 Å². The van der Waals surface area contributed by atoms with Crippen LogP contribution in [-0.4, -0.2) is 22.4 Å². The number of aromatic nitrogens is 3. The first-order valence-corrected chi connectivity index (χ1v) is 7.42. The number of aryl methyl sites for hydroxylation is 1. The molecule has 7 heteroatoms. The summed E-state index contributed by atoms with van der Waals surface area (Å²) >= 11 is 6.21. The number of fused-ring (bicyclic) bond motifs is 1. The van der Waals surface area contributed by atoms with E-state index in [4.69, 9.17) is 16.3 Å². The van der Waals surface area contributed by atoms with Gasteiger partial charge in [-0.05, 0) is 19.8 Å². The number of unbranched alkanes of at least 4 members (excludes halogenated alkanes) is 2. The maximum atomic E-state index is 12.2. The number of pyridine rings is 1. The lowest BCUT2D eigenvalue weighted by molar-refractivity contribution is -0.580. The summed E-state index contributed by atoms with van der Waals surface area (Å²) in [4.78, 5) is 11.8. The third kappa shape index (κ3) is 3.10. The molecule has 114 valence electrons. The average Bonchev–Trinajstić information content (AvgIpc) is 2.88. The van der Waals surface area contributed by atoms with Gasteiger partial charge in [-0.15, -0.1) is 4.68 Å². The fourth-order valence-corrected chi connectivity index (χ4v) is 2.43. The second kappa shape index (κ2) is 6.76. The van der Waals surface area contributed by atoms with Crippen LogP contribution in [0.15, 0.2) is 12.4 Å². The van der Waals surface area contributed by atoms with Gasteiger partial charge in [0.05, 0.1) is 17.8 Å². The van der Waals surface area contributed by atoms with Crippen molar-refractivity contribution in [3.63, 3.8) is 0 Å². The van der Waals surface area contributed by atoms with Crippen LogP contribution in [0.2, 0.25) is 5.02 Å². The van der Waals surface area contributed by atoms with Crippen molar-refractivity contribution in [3.05, 3.63) is 28.2 Å². The van der Waals surface area contributed by atoms with Gasteiger partial charge in [0.2, 0.25) is 0 Å². The first-order chi connectivity index (χ1) is 10.1. The van der Waals surface area contributed by atoms with E-state index in [1.807, 2.05) is 0 Å². The quantitative estimate of drug-likeness (QED) is 0.356. The molecule has 0 saturated carbocycles. The molecule has 2 heterocycles. The van der Waals surface area contributed by atoms with Crippen LogP contribution >= 0.6 is 11.6 Å². The standard InChI is InChI=1S/C14H18ClN3O3/c1-3-5-6-7-17-13-10(8-16-17)12(15)11(9-18(13)20)14(19)21-4-2/h8-9H,3-7H2,1-2H3. The van der Waals surface area contributed by atoms with E-state index in [0.717, 1.165) is 25.5 Å². The monoisotopic (exact) mass is 311 g/mol. The Morgan fingerprint density at radius 2 is 2.24 bits per heavy atom. The highest BCUT2D eigenvalue weighted by Crippen LogP contribution is 2.25.